The first-order valence-electron chi connectivity index (χ1n) is 17.6. The number of hydrogen-bond donors (Lipinski definition) is 0. The van der Waals surface area contributed by atoms with Gasteiger partial charge in [0.05, 0.1) is 28.4 Å². The fourth-order valence-corrected chi connectivity index (χ4v) is 9.12. The molecule has 2 heterocycles. The Morgan fingerprint density at radius 3 is 1.48 bits per heavy atom. The van der Waals surface area contributed by atoms with Crippen molar-refractivity contribution in [1.29, 1.82) is 0 Å². The van der Waals surface area contributed by atoms with Crippen molar-refractivity contribution in [2.45, 2.75) is 27.7 Å². The van der Waals surface area contributed by atoms with E-state index >= 15 is 0 Å². The smallest absolute Gasteiger partial charge is 0.497 e. The van der Waals surface area contributed by atoms with Gasteiger partial charge in [0.25, 0.3) is 0 Å². The average Bonchev–Trinajstić information content (AvgIpc) is 3.35. The molecule has 0 spiro atoms. The van der Waals surface area contributed by atoms with Crippen LogP contribution in [-0.2, 0) is 4.52 Å². The van der Waals surface area contributed by atoms with E-state index in [1.54, 1.807) is 34.5 Å². The number of benzene rings is 6. The van der Waals surface area contributed by atoms with Crippen LogP contribution < -0.4 is 32.5 Å². The summed E-state index contributed by atoms with van der Waals surface area (Å²) >= 11 is 0. The molecular formula is C43H38O11P2. The van der Waals surface area contributed by atoms with Crippen molar-refractivity contribution in [2.24, 2.45) is 0 Å². The lowest BCUT2D eigenvalue weighted by molar-refractivity contribution is 0.0697. The van der Waals surface area contributed by atoms with Gasteiger partial charge in [-0.1, -0.05) is 24.3 Å². The standard InChI is InChI=1S/C43H38O11P2/c1-23-13-29(45-5)19-33(39(23)50-55-49-38-18-28-12-10-9-11-27(28)17-37(38)43(44)54-55)34-20-30(46-6)14-24(2)40(34)51-56-52-41-25(3)15-31(47-7)21-35(41)36-22-32(48-8)16-26(4)42(36)53-56/h9-22H,1-8H3. The highest BCUT2D eigenvalue weighted by Crippen LogP contribution is 2.54. The van der Waals surface area contributed by atoms with Crippen LogP contribution in [0.2, 0.25) is 0 Å². The monoisotopic (exact) mass is 792 g/mol. The molecular weight excluding hydrogens is 754 g/mol. The second-order valence-corrected chi connectivity index (χ2v) is 15.3. The molecule has 56 heavy (non-hydrogen) atoms. The maximum absolute atomic E-state index is 13.3. The Morgan fingerprint density at radius 2 is 0.964 bits per heavy atom. The van der Waals surface area contributed by atoms with E-state index in [4.69, 9.17) is 45.4 Å². The minimum Gasteiger partial charge on any atom is -0.497 e. The van der Waals surface area contributed by atoms with Crippen LogP contribution >= 0.6 is 16.8 Å². The van der Waals surface area contributed by atoms with Gasteiger partial charge < -0.3 is 45.4 Å². The van der Waals surface area contributed by atoms with Crippen molar-refractivity contribution < 1.29 is 50.2 Å². The van der Waals surface area contributed by atoms with Crippen LogP contribution in [0.1, 0.15) is 32.6 Å². The van der Waals surface area contributed by atoms with E-state index in [9.17, 15) is 4.79 Å². The normalized spacial score (nSPS) is 13.5. The van der Waals surface area contributed by atoms with Gasteiger partial charge in [-0.25, -0.2) is 4.79 Å². The van der Waals surface area contributed by atoms with Crippen molar-refractivity contribution >= 4 is 55.5 Å². The number of hydrogen-bond acceptors (Lipinski definition) is 11. The van der Waals surface area contributed by atoms with Gasteiger partial charge in [-0.05, 0) is 121 Å². The van der Waals surface area contributed by atoms with Crippen molar-refractivity contribution in [1.82, 2.24) is 0 Å². The molecule has 1 unspecified atom stereocenters. The second-order valence-electron chi connectivity index (χ2n) is 13.3. The molecule has 1 aromatic heterocycles. The third-order valence-corrected chi connectivity index (χ3v) is 11.6. The Morgan fingerprint density at radius 1 is 0.500 bits per heavy atom. The first-order valence-corrected chi connectivity index (χ1v) is 19.8. The molecule has 0 amide bonds. The van der Waals surface area contributed by atoms with E-state index in [0.29, 0.717) is 73.7 Å². The number of carbonyl (C=O) groups excluding carboxylic acids is 1. The van der Waals surface area contributed by atoms with E-state index in [1.165, 1.54) is 0 Å². The molecule has 8 rings (SSSR count). The molecule has 1 aliphatic heterocycles. The van der Waals surface area contributed by atoms with Gasteiger partial charge in [0.1, 0.15) is 57.0 Å². The van der Waals surface area contributed by atoms with Crippen molar-refractivity contribution in [2.75, 3.05) is 28.4 Å². The Bertz CT molecular complexity index is 2670. The summed E-state index contributed by atoms with van der Waals surface area (Å²) in [5, 5.41) is 3.37. The Kier molecular flexibility index (Phi) is 9.83. The van der Waals surface area contributed by atoms with Crippen LogP contribution in [0.15, 0.2) is 93.3 Å². The van der Waals surface area contributed by atoms with E-state index < -0.39 is 22.8 Å². The summed E-state index contributed by atoms with van der Waals surface area (Å²) < 4.78 is 61.5. The predicted octanol–water partition coefficient (Wildman–Crippen LogP) is 12.1. The first-order chi connectivity index (χ1) is 27.1. The quantitative estimate of drug-likeness (QED) is 0.130. The van der Waals surface area contributed by atoms with Crippen molar-refractivity contribution in [3.63, 3.8) is 0 Å². The molecule has 6 aromatic carbocycles. The zero-order chi connectivity index (χ0) is 39.2. The van der Waals surface area contributed by atoms with Crippen LogP contribution in [0.25, 0.3) is 43.8 Å². The summed E-state index contributed by atoms with van der Waals surface area (Å²) in [6.45, 7) is 7.68. The molecule has 1 atom stereocenters. The zero-order valence-electron chi connectivity index (χ0n) is 32.0. The van der Waals surface area contributed by atoms with E-state index in [2.05, 4.69) is 0 Å². The summed E-state index contributed by atoms with van der Waals surface area (Å²) in [5.41, 5.74) is 5.74. The number of aryl methyl sites for hydroxylation is 4. The molecule has 0 radical (unpaired) electrons. The fourth-order valence-electron chi connectivity index (χ4n) is 6.78. The largest absolute Gasteiger partial charge is 0.532 e. The number of methoxy groups -OCH3 is 4. The summed E-state index contributed by atoms with van der Waals surface area (Å²) in [7, 11) is 2.09. The third kappa shape index (κ3) is 6.78. The van der Waals surface area contributed by atoms with Crippen molar-refractivity contribution in [3.05, 3.63) is 113 Å². The van der Waals surface area contributed by atoms with Crippen LogP contribution in [0, 0.1) is 27.7 Å². The maximum atomic E-state index is 13.3. The zero-order valence-corrected chi connectivity index (χ0v) is 33.8. The molecule has 7 aromatic rings. The molecule has 0 N–H and O–H groups in total. The molecule has 0 saturated heterocycles. The van der Waals surface area contributed by atoms with Gasteiger partial charge in [0.2, 0.25) is 0 Å². The second kappa shape index (κ2) is 14.9. The lowest BCUT2D eigenvalue weighted by Crippen LogP contribution is -2.15. The number of carbonyl (C=O) groups is 1. The molecule has 1 aliphatic rings. The fraction of sp³-hybridized carbons (Fsp3) is 0.186. The summed E-state index contributed by atoms with van der Waals surface area (Å²) in [5.74, 6) is 3.15. The molecule has 0 fully saturated rings. The average molecular weight is 793 g/mol. The Hall–Kier alpha value is -6.02. The highest BCUT2D eigenvalue weighted by Gasteiger charge is 2.34. The summed E-state index contributed by atoms with van der Waals surface area (Å²) in [6, 6.07) is 26.3. The highest BCUT2D eigenvalue weighted by molar-refractivity contribution is 7.43. The van der Waals surface area contributed by atoms with E-state index in [0.717, 1.165) is 38.2 Å². The predicted molar refractivity (Wildman–Crippen MR) is 217 cm³/mol. The molecule has 0 aliphatic carbocycles. The van der Waals surface area contributed by atoms with Gasteiger partial charge in [0.15, 0.2) is 0 Å². The molecule has 13 heteroatoms. The van der Waals surface area contributed by atoms with Crippen LogP contribution in [0.5, 0.6) is 40.2 Å². The summed E-state index contributed by atoms with van der Waals surface area (Å²) in [6.07, 6.45) is 0. The lowest BCUT2D eigenvalue weighted by Gasteiger charge is -2.25. The highest BCUT2D eigenvalue weighted by atomic mass is 31.2. The topological polar surface area (TPSA) is 117 Å². The lowest BCUT2D eigenvalue weighted by atomic mass is 9.98. The van der Waals surface area contributed by atoms with Gasteiger partial charge in [-0.15, -0.1) is 0 Å². The molecule has 0 saturated carbocycles. The molecule has 0 bridgehead atoms. The maximum Gasteiger partial charge on any atom is 0.532 e. The van der Waals surface area contributed by atoms with Gasteiger partial charge in [-0.3, -0.25) is 0 Å². The summed E-state index contributed by atoms with van der Waals surface area (Å²) in [4.78, 5) is 13.3. The van der Waals surface area contributed by atoms with Crippen LogP contribution in [-0.4, -0.2) is 34.4 Å². The van der Waals surface area contributed by atoms with Crippen molar-refractivity contribution in [3.8, 4) is 51.4 Å². The van der Waals surface area contributed by atoms with Gasteiger partial charge >= 0.3 is 22.8 Å². The Labute approximate surface area is 325 Å². The minimum absolute atomic E-state index is 0.327. The Balaban J connectivity index is 1.29. The number of rotatable bonds is 9. The van der Waals surface area contributed by atoms with E-state index in [1.807, 2.05) is 107 Å². The molecule has 11 nitrogen and oxygen atoms in total. The van der Waals surface area contributed by atoms with Crippen LogP contribution in [0.3, 0.4) is 0 Å². The number of ether oxygens (including phenoxy) is 4. The van der Waals surface area contributed by atoms with Crippen LogP contribution in [0.4, 0.5) is 0 Å². The van der Waals surface area contributed by atoms with Gasteiger partial charge in [0, 0.05) is 21.9 Å². The number of fused-ring (bicyclic) bond motifs is 5. The molecule has 286 valence electrons. The first kappa shape index (κ1) is 36.9. The SMILES string of the molecule is COc1cc(C)c(OP2OC(=O)c3cc4ccccc4cc3O2)c(-c2cc(OC)cc(C)c2Op2oc3c(C)cc(OC)cc3c3cc(OC)cc(C)c3o2)c1. The van der Waals surface area contributed by atoms with Gasteiger partial charge in [-0.2, -0.15) is 0 Å². The minimum atomic E-state index is -2.22. The third-order valence-electron chi connectivity index (χ3n) is 9.58. The van der Waals surface area contributed by atoms with E-state index in [-0.39, 0.29) is 0 Å².